The third-order valence-corrected chi connectivity index (χ3v) is 6.67. The average molecular weight is 519 g/mol. The van der Waals surface area contributed by atoms with Crippen LogP contribution in [0.5, 0.6) is 5.88 Å². The number of alkyl halides is 3. The molecule has 8 nitrogen and oxygen atoms in total. The molecule has 1 N–H and O–H groups in total. The lowest BCUT2D eigenvalue weighted by Crippen LogP contribution is -2.46. The lowest BCUT2D eigenvalue weighted by atomic mass is 10.0. The van der Waals surface area contributed by atoms with E-state index in [1.54, 1.807) is 11.1 Å². The Labute approximate surface area is 214 Å². The molecule has 0 fully saturated rings. The number of aromatic nitrogens is 4. The number of carbonyl (C=O) groups is 1. The second-order valence-electron chi connectivity index (χ2n) is 9.48. The maximum absolute atomic E-state index is 13.3. The molecule has 4 rings (SSSR count). The van der Waals surface area contributed by atoms with E-state index >= 15 is 0 Å². The molecule has 1 aliphatic rings. The van der Waals surface area contributed by atoms with Gasteiger partial charge >= 0.3 is 12.2 Å². The molecule has 1 aliphatic heterocycles. The fraction of sp³-hybridized carbons (Fsp3) is 0.538. The third kappa shape index (κ3) is 6.69. The average Bonchev–Trinajstić information content (AvgIpc) is 3.32. The maximum Gasteiger partial charge on any atom is 0.389 e. The second kappa shape index (κ2) is 11.4. The number of hydrogen-bond acceptors (Lipinski definition) is 5. The summed E-state index contributed by atoms with van der Waals surface area (Å²) in [6, 6.07) is 2.53. The first-order valence-electron chi connectivity index (χ1n) is 12.7. The van der Waals surface area contributed by atoms with Crippen LogP contribution in [-0.2, 0) is 0 Å². The van der Waals surface area contributed by atoms with Gasteiger partial charge < -0.3 is 19.4 Å². The molecule has 2 atom stereocenters. The van der Waals surface area contributed by atoms with Gasteiger partial charge in [0.2, 0.25) is 5.65 Å². The van der Waals surface area contributed by atoms with Crippen LogP contribution < -0.4 is 10.1 Å². The predicted octanol–water partition coefficient (Wildman–Crippen LogP) is 5.86. The standard InChI is InChI=1S/C26H33F3N6O2/c1-4-35-18(3)19-14-17(2)31-21(15-19)22-16-34-12-11-30-23(34)24(33-22)37-13-7-5-6-8-20(32-25(35)36)9-10-26(27,28)29/h11-12,14-16,18,20H,4-10,13H2,1-3H3,(H,32,36)/t18-,20+/m0/s1. The second-order valence-corrected chi connectivity index (χ2v) is 9.48. The molecular formula is C26H33F3N6O2. The smallest absolute Gasteiger partial charge is 0.389 e. The number of ether oxygens (including phenoxy) is 1. The minimum Gasteiger partial charge on any atom is -0.475 e. The first-order chi connectivity index (χ1) is 17.6. The summed E-state index contributed by atoms with van der Waals surface area (Å²) >= 11 is 0. The molecule has 37 heavy (non-hydrogen) atoms. The summed E-state index contributed by atoms with van der Waals surface area (Å²) in [4.78, 5) is 28.6. The SMILES string of the molecule is CCN1C(=O)N[C@@H](CCC(F)(F)F)CCCCCOc2nc(cn3ccnc23)-c2cc(cc(C)n2)[C@@H]1C. The topological polar surface area (TPSA) is 84.7 Å². The Hall–Kier alpha value is -3.37. The first kappa shape index (κ1) is 26.7. The van der Waals surface area contributed by atoms with Crippen molar-refractivity contribution in [2.24, 2.45) is 0 Å². The Bertz CT molecular complexity index is 1230. The highest BCUT2D eigenvalue weighted by Gasteiger charge is 2.30. The number of urea groups is 1. The van der Waals surface area contributed by atoms with Crippen molar-refractivity contribution in [3.63, 3.8) is 0 Å². The predicted molar refractivity (Wildman–Crippen MR) is 133 cm³/mol. The van der Waals surface area contributed by atoms with Crippen molar-refractivity contribution in [2.75, 3.05) is 13.2 Å². The Balaban J connectivity index is 1.70. The van der Waals surface area contributed by atoms with E-state index < -0.39 is 18.6 Å². The van der Waals surface area contributed by atoms with Gasteiger partial charge in [0.1, 0.15) is 5.69 Å². The molecule has 4 bridgehead atoms. The van der Waals surface area contributed by atoms with Gasteiger partial charge in [-0.25, -0.2) is 14.8 Å². The van der Waals surface area contributed by atoms with Gasteiger partial charge in [0, 0.05) is 43.3 Å². The van der Waals surface area contributed by atoms with Crippen LogP contribution in [0, 0.1) is 6.92 Å². The van der Waals surface area contributed by atoms with E-state index in [9.17, 15) is 18.0 Å². The zero-order valence-corrected chi connectivity index (χ0v) is 21.4. The molecular weight excluding hydrogens is 485 g/mol. The number of hydrogen-bond donors (Lipinski definition) is 1. The van der Waals surface area contributed by atoms with Crippen LogP contribution in [0.1, 0.15) is 69.7 Å². The third-order valence-electron chi connectivity index (χ3n) is 6.67. The number of amides is 2. The van der Waals surface area contributed by atoms with Gasteiger partial charge in [-0.3, -0.25) is 4.98 Å². The van der Waals surface area contributed by atoms with Crippen LogP contribution in [0.25, 0.3) is 17.0 Å². The van der Waals surface area contributed by atoms with E-state index in [0.717, 1.165) is 17.7 Å². The number of carbonyl (C=O) groups excluding carboxylic acids is 1. The zero-order valence-electron chi connectivity index (χ0n) is 21.4. The molecule has 0 saturated heterocycles. The Morgan fingerprint density at radius 2 is 1.97 bits per heavy atom. The Morgan fingerprint density at radius 3 is 2.73 bits per heavy atom. The quantitative estimate of drug-likeness (QED) is 0.470. The van der Waals surface area contributed by atoms with Crippen LogP contribution in [0.4, 0.5) is 18.0 Å². The first-order valence-corrected chi connectivity index (χ1v) is 12.7. The van der Waals surface area contributed by atoms with Gasteiger partial charge in [-0.1, -0.05) is 6.42 Å². The van der Waals surface area contributed by atoms with Gasteiger partial charge in [-0.2, -0.15) is 13.2 Å². The van der Waals surface area contributed by atoms with E-state index in [1.165, 1.54) is 0 Å². The minimum absolute atomic E-state index is 0.149. The molecule has 200 valence electrons. The van der Waals surface area contributed by atoms with Gasteiger partial charge in [-0.05, 0) is 64.2 Å². The van der Waals surface area contributed by atoms with Gasteiger partial charge in [-0.15, -0.1) is 0 Å². The highest BCUT2D eigenvalue weighted by Crippen LogP contribution is 2.29. The maximum atomic E-state index is 13.3. The summed E-state index contributed by atoms with van der Waals surface area (Å²) in [5.74, 6) is 0.403. The number of pyridine rings is 1. The van der Waals surface area contributed by atoms with Crippen molar-refractivity contribution in [2.45, 2.75) is 77.6 Å². The lowest BCUT2D eigenvalue weighted by Gasteiger charge is -2.31. The van der Waals surface area contributed by atoms with Crippen molar-refractivity contribution in [3.8, 4) is 17.3 Å². The fourth-order valence-electron chi connectivity index (χ4n) is 4.69. The lowest BCUT2D eigenvalue weighted by molar-refractivity contribution is -0.136. The van der Waals surface area contributed by atoms with Crippen molar-refractivity contribution in [1.29, 1.82) is 0 Å². The Morgan fingerprint density at radius 1 is 1.16 bits per heavy atom. The molecule has 0 spiro atoms. The van der Waals surface area contributed by atoms with Crippen molar-refractivity contribution < 1.29 is 22.7 Å². The van der Waals surface area contributed by atoms with Gasteiger partial charge in [0.25, 0.3) is 5.88 Å². The number of nitrogens with zero attached hydrogens (tertiary/aromatic N) is 5. The van der Waals surface area contributed by atoms with E-state index in [-0.39, 0.29) is 18.5 Å². The van der Waals surface area contributed by atoms with Crippen LogP contribution >= 0.6 is 0 Å². The Kier molecular flexibility index (Phi) is 8.19. The molecule has 2 amide bonds. The summed E-state index contributed by atoms with van der Waals surface area (Å²) in [6.45, 7) is 6.43. The van der Waals surface area contributed by atoms with Gasteiger partial charge in [0.05, 0.1) is 18.3 Å². The van der Waals surface area contributed by atoms with E-state index in [4.69, 9.17) is 9.72 Å². The molecule has 0 radical (unpaired) electrons. The molecule has 11 heteroatoms. The minimum atomic E-state index is -4.27. The fourth-order valence-corrected chi connectivity index (χ4v) is 4.69. The van der Waals surface area contributed by atoms with E-state index in [1.807, 2.05) is 49.7 Å². The summed E-state index contributed by atoms with van der Waals surface area (Å²) in [6.07, 6.45) is 2.56. The summed E-state index contributed by atoms with van der Waals surface area (Å²) in [5, 5.41) is 2.88. The van der Waals surface area contributed by atoms with Gasteiger partial charge in [0.15, 0.2) is 0 Å². The van der Waals surface area contributed by atoms with E-state index in [2.05, 4.69) is 15.3 Å². The van der Waals surface area contributed by atoms with Crippen LogP contribution in [0.3, 0.4) is 0 Å². The van der Waals surface area contributed by atoms with Crippen molar-refractivity contribution >= 4 is 11.7 Å². The molecule has 0 aromatic carbocycles. The molecule has 3 aromatic heterocycles. The molecule has 0 unspecified atom stereocenters. The normalized spacial score (nSPS) is 19.8. The number of imidazole rings is 1. The number of rotatable bonds is 3. The number of halogens is 3. The van der Waals surface area contributed by atoms with Crippen LogP contribution in [0.2, 0.25) is 0 Å². The van der Waals surface area contributed by atoms with Crippen LogP contribution in [0.15, 0.2) is 30.7 Å². The number of fused-ring (bicyclic) bond motifs is 7. The van der Waals surface area contributed by atoms with Crippen LogP contribution in [-0.4, -0.2) is 55.7 Å². The summed E-state index contributed by atoms with van der Waals surface area (Å²) in [7, 11) is 0. The summed E-state index contributed by atoms with van der Waals surface area (Å²) in [5.41, 5.74) is 3.45. The van der Waals surface area contributed by atoms with Crippen molar-refractivity contribution in [1.82, 2.24) is 29.6 Å². The highest BCUT2D eigenvalue weighted by atomic mass is 19.4. The molecule has 0 aliphatic carbocycles. The molecule has 4 heterocycles. The number of nitrogens with one attached hydrogen (secondary N) is 1. The van der Waals surface area contributed by atoms with Crippen molar-refractivity contribution in [3.05, 3.63) is 42.0 Å². The highest BCUT2D eigenvalue weighted by molar-refractivity contribution is 5.75. The number of aryl methyl sites for hydroxylation is 1. The monoisotopic (exact) mass is 518 g/mol. The molecule has 3 aromatic rings. The summed E-state index contributed by atoms with van der Waals surface area (Å²) < 4.78 is 46.7. The zero-order chi connectivity index (χ0) is 26.6. The van der Waals surface area contributed by atoms with E-state index in [0.29, 0.717) is 55.3 Å². The largest absolute Gasteiger partial charge is 0.475 e. The molecule has 0 saturated carbocycles.